The number of phenols is 1. The lowest BCUT2D eigenvalue weighted by Crippen LogP contribution is -2.06. The van der Waals surface area contributed by atoms with E-state index < -0.39 is 11.9 Å². The fourth-order valence-corrected chi connectivity index (χ4v) is 1.50. The molecule has 1 heterocycles. The molecular formula is C11H7NO5. The number of nitrogens with zero attached hydrogens (tertiary/aromatic N) is 1. The Morgan fingerprint density at radius 2 is 1.76 bits per heavy atom. The summed E-state index contributed by atoms with van der Waals surface area (Å²) in [5.41, 5.74) is -0.407. The molecule has 0 aliphatic carbocycles. The predicted octanol–water partition coefficient (Wildman–Crippen LogP) is 1.34. The summed E-state index contributed by atoms with van der Waals surface area (Å²) in [5.74, 6) is -2.67. The highest BCUT2D eigenvalue weighted by Crippen LogP contribution is 2.22. The Morgan fingerprint density at radius 3 is 2.35 bits per heavy atom. The Bertz CT molecular complexity index is 635. The number of carboxylic acids is 2. The second kappa shape index (κ2) is 3.75. The van der Waals surface area contributed by atoms with E-state index in [4.69, 9.17) is 10.2 Å². The van der Waals surface area contributed by atoms with Crippen molar-refractivity contribution in [2.24, 2.45) is 0 Å². The number of benzene rings is 1. The quantitative estimate of drug-likeness (QED) is 0.722. The first kappa shape index (κ1) is 10.9. The molecule has 0 radical (unpaired) electrons. The molecule has 0 amide bonds. The van der Waals surface area contributed by atoms with Crippen molar-refractivity contribution in [1.29, 1.82) is 0 Å². The van der Waals surface area contributed by atoms with Crippen molar-refractivity contribution in [1.82, 2.24) is 4.98 Å². The van der Waals surface area contributed by atoms with E-state index in [1.807, 2.05) is 0 Å². The van der Waals surface area contributed by atoms with Gasteiger partial charge in [-0.05, 0) is 18.2 Å². The molecule has 0 saturated carbocycles. The maximum absolute atomic E-state index is 11.0. The molecule has 0 unspecified atom stereocenters. The summed E-state index contributed by atoms with van der Waals surface area (Å²) in [6.45, 7) is 0. The van der Waals surface area contributed by atoms with Crippen LogP contribution in [0.5, 0.6) is 5.75 Å². The number of carbonyl (C=O) groups is 2. The molecule has 0 saturated heterocycles. The number of aromatic hydroxyl groups is 1. The van der Waals surface area contributed by atoms with Gasteiger partial charge < -0.3 is 15.3 Å². The van der Waals surface area contributed by atoms with Gasteiger partial charge in [0.25, 0.3) is 0 Å². The van der Waals surface area contributed by atoms with Crippen LogP contribution in [0.2, 0.25) is 0 Å². The molecule has 0 aliphatic heterocycles. The van der Waals surface area contributed by atoms with Crippen LogP contribution >= 0.6 is 0 Å². The number of carboxylic acid groups (broad SMARTS) is 2. The van der Waals surface area contributed by atoms with Crippen LogP contribution in [0.15, 0.2) is 24.3 Å². The molecule has 17 heavy (non-hydrogen) atoms. The lowest BCUT2D eigenvalue weighted by molar-refractivity contribution is 0.0691. The van der Waals surface area contributed by atoms with Gasteiger partial charge in [0.15, 0.2) is 0 Å². The highest BCUT2D eigenvalue weighted by Gasteiger charge is 2.15. The fourth-order valence-electron chi connectivity index (χ4n) is 1.50. The molecule has 2 rings (SSSR count). The molecule has 1 aromatic heterocycles. The number of phenolic OH excluding ortho intramolecular Hbond substituents is 1. The Labute approximate surface area is 94.8 Å². The van der Waals surface area contributed by atoms with Crippen molar-refractivity contribution in [3.8, 4) is 5.75 Å². The minimum Gasteiger partial charge on any atom is -0.508 e. The minimum absolute atomic E-state index is 0.108. The standard InChI is InChI=1S/C11H7NO5/c13-5-1-2-6-7(10(14)15)4-9(11(16)17)12-8(6)3-5/h1-4,13H,(H,14,15)(H,16,17). The van der Waals surface area contributed by atoms with E-state index in [0.29, 0.717) is 0 Å². The van der Waals surface area contributed by atoms with Gasteiger partial charge in [-0.25, -0.2) is 14.6 Å². The molecule has 6 heteroatoms. The van der Waals surface area contributed by atoms with E-state index in [1.54, 1.807) is 0 Å². The number of hydrogen-bond acceptors (Lipinski definition) is 4. The second-order valence-electron chi connectivity index (χ2n) is 3.37. The Balaban J connectivity index is 2.85. The van der Waals surface area contributed by atoms with Crippen LogP contribution in [0.3, 0.4) is 0 Å². The van der Waals surface area contributed by atoms with Crippen molar-refractivity contribution >= 4 is 22.8 Å². The number of pyridine rings is 1. The summed E-state index contributed by atoms with van der Waals surface area (Å²) in [5, 5.41) is 27.3. The summed E-state index contributed by atoms with van der Waals surface area (Å²) in [4.78, 5) is 25.5. The van der Waals surface area contributed by atoms with Crippen LogP contribution in [0.4, 0.5) is 0 Å². The number of aromatic nitrogens is 1. The smallest absolute Gasteiger partial charge is 0.354 e. The normalized spacial score (nSPS) is 10.4. The fraction of sp³-hybridized carbons (Fsp3) is 0. The highest BCUT2D eigenvalue weighted by molar-refractivity contribution is 6.05. The molecule has 1 aromatic carbocycles. The SMILES string of the molecule is O=C(O)c1cc(C(=O)O)c2ccc(O)cc2n1. The molecule has 0 atom stereocenters. The number of fused-ring (bicyclic) bond motifs is 1. The highest BCUT2D eigenvalue weighted by atomic mass is 16.4. The summed E-state index contributed by atoms with van der Waals surface area (Å²) >= 11 is 0. The molecule has 0 aliphatic rings. The van der Waals surface area contributed by atoms with Crippen molar-refractivity contribution in [2.45, 2.75) is 0 Å². The summed E-state index contributed by atoms with van der Waals surface area (Å²) in [6.07, 6.45) is 0. The third kappa shape index (κ3) is 1.87. The van der Waals surface area contributed by atoms with Gasteiger partial charge in [-0.3, -0.25) is 0 Å². The van der Waals surface area contributed by atoms with Gasteiger partial charge in [0, 0.05) is 11.5 Å². The first-order valence-electron chi connectivity index (χ1n) is 4.59. The molecular weight excluding hydrogens is 226 g/mol. The Kier molecular flexibility index (Phi) is 2.40. The van der Waals surface area contributed by atoms with Gasteiger partial charge >= 0.3 is 11.9 Å². The lowest BCUT2D eigenvalue weighted by Gasteiger charge is -2.04. The predicted molar refractivity (Wildman–Crippen MR) is 57.3 cm³/mol. The topological polar surface area (TPSA) is 108 Å². The lowest BCUT2D eigenvalue weighted by atomic mass is 10.1. The molecule has 86 valence electrons. The summed E-state index contributed by atoms with van der Waals surface area (Å²) < 4.78 is 0. The van der Waals surface area contributed by atoms with Crippen LogP contribution < -0.4 is 0 Å². The molecule has 0 fully saturated rings. The van der Waals surface area contributed by atoms with Crippen LogP contribution in [0.1, 0.15) is 20.8 Å². The molecule has 6 nitrogen and oxygen atoms in total. The monoisotopic (exact) mass is 233 g/mol. The zero-order valence-corrected chi connectivity index (χ0v) is 8.41. The third-order valence-electron chi connectivity index (χ3n) is 2.24. The van der Waals surface area contributed by atoms with Crippen molar-refractivity contribution in [3.63, 3.8) is 0 Å². The van der Waals surface area contributed by atoms with Crippen molar-refractivity contribution < 1.29 is 24.9 Å². The first-order valence-corrected chi connectivity index (χ1v) is 4.59. The number of hydrogen-bond donors (Lipinski definition) is 3. The molecule has 0 spiro atoms. The van der Waals surface area contributed by atoms with Gasteiger partial charge in [-0.1, -0.05) is 0 Å². The van der Waals surface area contributed by atoms with Crippen LogP contribution in [0.25, 0.3) is 10.9 Å². The minimum atomic E-state index is -1.32. The summed E-state index contributed by atoms with van der Waals surface area (Å²) in [7, 11) is 0. The van der Waals surface area contributed by atoms with Crippen molar-refractivity contribution in [3.05, 3.63) is 35.5 Å². The number of aromatic carboxylic acids is 2. The zero-order valence-electron chi connectivity index (χ0n) is 8.41. The van der Waals surface area contributed by atoms with Crippen LogP contribution in [-0.2, 0) is 0 Å². The van der Waals surface area contributed by atoms with E-state index in [0.717, 1.165) is 6.07 Å². The van der Waals surface area contributed by atoms with E-state index in [1.165, 1.54) is 18.2 Å². The van der Waals surface area contributed by atoms with Crippen molar-refractivity contribution in [2.75, 3.05) is 0 Å². The average molecular weight is 233 g/mol. The van der Waals surface area contributed by atoms with Gasteiger partial charge in [-0.15, -0.1) is 0 Å². The first-order chi connectivity index (χ1) is 7.99. The van der Waals surface area contributed by atoms with Gasteiger partial charge in [0.05, 0.1) is 11.1 Å². The Morgan fingerprint density at radius 1 is 1.06 bits per heavy atom. The molecule has 0 bridgehead atoms. The van der Waals surface area contributed by atoms with Crippen LogP contribution in [0, 0.1) is 0 Å². The zero-order chi connectivity index (χ0) is 12.6. The third-order valence-corrected chi connectivity index (χ3v) is 2.24. The molecule has 3 N–H and O–H groups in total. The maximum Gasteiger partial charge on any atom is 0.354 e. The van der Waals surface area contributed by atoms with Gasteiger partial charge in [0.1, 0.15) is 11.4 Å². The van der Waals surface area contributed by atoms with E-state index in [9.17, 15) is 14.7 Å². The van der Waals surface area contributed by atoms with E-state index in [2.05, 4.69) is 4.98 Å². The van der Waals surface area contributed by atoms with Gasteiger partial charge in [0.2, 0.25) is 0 Å². The average Bonchev–Trinajstić information content (AvgIpc) is 2.26. The molecule has 2 aromatic rings. The number of rotatable bonds is 2. The van der Waals surface area contributed by atoms with E-state index >= 15 is 0 Å². The maximum atomic E-state index is 11.0. The Hall–Kier alpha value is -2.63. The van der Waals surface area contributed by atoms with Gasteiger partial charge in [-0.2, -0.15) is 0 Å². The second-order valence-corrected chi connectivity index (χ2v) is 3.37. The summed E-state index contributed by atoms with van der Waals surface area (Å²) in [6, 6.07) is 4.90. The van der Waals surface area contributed by atoms with Crippen LogP contribution in [-0.4, -0.2) is 32.2 Å². The van der Waals surface area contributed by atoms with E-state index in [-0.39, 0.29) is 27.9 Å². The largest absolute Gasteiger partial charge is 0.508 e.